The number of nitrogens with one attached hydrogen (secondary N) is 1. The summed E-state index contributed by atoms with van der Waals surface area (Å²) >= 11 is 0. The zero-order valence-corrected chi connectivity index (χ0v) is 21.9. The van der Waals surface area contributed by atoms with Gasteiger partial charge in [-0.25, -0.2) is 9.18 Å². The SMILES string of the molecule is COCOc1ccc(-c2[nH]c3cc(N4CCN(C)CC4)c(F)cc3c(=O)c2C(=O)OCc2ccccc2)cc1. The Hall–Kier alpha value is -4.21. The molecule has 8 nitrogen and oxygen atoms in total. The van der Waals surface area contributed by atoms with Crippen LogP contribution in [0.4, 0.5) is 10.1 Å². The van der Waals surface area contributed by atoms with Crippen molar-refractivity contribution in [3.63, 3.8) is 0 Å². The van der Waals surface area contributed by atoms with Gasteiger partial charge in [-0.1, -0.05) is 30.3 Å². The molecular formula is C30H30FN3O5. The Balaban J connectivity index is 1.58. The van der Waals surface area contributed by atoms with Gasteiger partial charge in [-0.15, -0.1) is 0 Å². The van der Waals surface area contributed by atoms with Crippen LogP contribution in [0.25, 0.3) is 22.2 Å². The van der Waals surface area contributed by atoms with E-state index in [1.165, 1.54) is 13.2 Å². The lowest BCUT2D eigenvalue weighted by Crippen LogP contribution is -2.44. The number of benzene rings is 3. The third kappa shape index (κ3) is 5.79. The number of aromatic amines is 1. The van der Waals surface area contributed by atoms with E-state index in [4.69, 9.17) is 14.2 Å². The van der Waals surface area contributed by atoms with Crippen LogP contribution < -0.4 is 15.1 Å². The molecule has 202 valence electrons. The van der Waals surface area contributed by atoms with Crippen LogP contribution in [-0.4, -0.2) is 63.0 Å². The second-order valence-corrected chi connectivity index (χ2v) is 9.48. The minimum Gasteiger partial charge on any atom is -0.468 e. The lowest BCUT2D eigenvalue weighted by Gasteiger charge is -2.34. The van der Waals surface area contributed by atoms with Gasteiger partial charge in [-0.05, 0) is 54.6 Å². The summed E-state index contributed by atoms with van der Waals surface area (Å²) < 4.78 is 31.3. The lowest BCUT2D eigenvalue weighted by atomic mass is 10.0. The first-order valence-electron chi connectivity index (χ1n) is 12.7. The summed E-state index contributed by atoms with van der Waals surface area (Å²) in [4.78, 5) is 34.4. The summed E-state index contributed by atoms with van der Waals surface area (Å²) in [5.41, 5.74) is 1.73. The van der Waals surface area contributed by atoms with Crippen LogP contribution in [0.1, 0.15) is 15.9 Å². The molecule has 1 fully saturated rings. The number of aromatic nitrogens is 1. The minimum absolute atomic E-state index is 0.00289. The number of carbonyl (C=O) groups excluding carboxylic acids is 1. The molecular weight excluding hydrogens is 501 g/mol. The van der Waals surface area contributed by atoms with Crippen molar-refractivity contribution in [1.82, 2.24) is 9.88 Å². The Bertz CT molecular complexity index is 1510. The van der Waals surface area contributed by atoms with Crippen LogP contribution in [0.15, 0.2) is 71.5 Å². The number of piperazine rings is 1. The van der Waals surface area contributed by atoms with Crippen molar-refractivity contribution in [2.75, 3.05) is 52.0 Å². The van der Waals surface area contributed by atoms with Gasteiger partial charge in [0.1, 0.15) is 23.7 Å². The van der Waals surface area contributed by atoms with Gasteiger partial charge >= 0.3 is 5.97 Å². The van der Waals surface area contributed by atoms with E-state index >= 15 is 4.39 Å². The van der Waals surface area contributed by atoms with Gasteiger partial charge < -0.3 is 29.0 Å². The molecule has 1 N–H and O–H groups in total. The maximum Gasteiger partial charge on any atom is 0.344 e. The van der Waals surface area contributed by atoms with E-state index in [-0.39, 0.29) is 24.3 Å². The van der Waals surface area contributed by atoms with Gasteiger partial charge in [-0.3, -0.25) is 4.79 Å². The monoisotopic (exact) mass is 531 g/mol. The maximum absolute atomic E-state index is 15.3. The first-order valence-corrected chi connectivity index (χ1v) is 12.7. The molecule has 9 heteroatoms. The average Bonchev–Trinajstić information content (AvgIpc) is 2.96. The van der Waals surface area contributed by atoms with Gasteiger partial charge in [-0.2, -0.15) is 0 Å². The highest BCUT2D eigenvalue weighted by Crippen LogP contribution is 2.29. The van der Waals surface area contributed by atoms with Crippen molar-refractivity contribution < 1.29 is 23.4 Å². The molecule has 2 heterocycles. The summed E-state index contributed by atoms with van der Waals surface area (Å²) in [5, 5.41) is 0.0841. The number of fused-ring (bicyclic) bond motifs is 1. The Morgan fingerprint density at radius 3 is 2.41 bits per heavy atom. The van der Waals surface area contributed by atoms with Crippen LogP contribution in [0.2, 0.25) is 0 Å². The molecule has 5 rings (SSSR count). The van der Waals surface area contributed by atoms with Gasteiger partial charge in [0.25, 0.3) is 0 Å². The van der Waals surface area contributed by atoms with Crippen molar-refractivity contribution in [3.8, 4) is 17.0 Å². The summed E-state index contributed by atoms with van der Waals surface area (Å²) in [6, 6.07) is 19.0. The number of hydrogen-bond donors (Lipinski definition) is 1. The average molecular weight is 532 g/mol. The minimum atomic E-state index is -0.791. The van der Waals surface area contributed by atoms with Crippen molar-refractivity contribution in [1.29, 1.82) is 0 Å². The lowest BCUT2D eigenvalue weighted by molar-refractivity contribution is 0.0472. The molecule has 1 aromatic heterocycles. The molecule has 3 aromatic carbocycles. The Labute approximate surface area is 225 Å². The van der Waals surface area contributed by atoms with Crippen LogP contribution in [0.5, 0.6) is 5.75 Å². The Kier molecular flexibility index (Phi) is 7.90. The van der Waals surface area contributed by atoms with E-state index in [2.05, 4.69) is 9.88 Å². The highest BCUT2D eigenvalue weighted by Gasteiger charge is 2.24. The number of carbonyl (C=O) groups is 1. The highest BCUT2D eigenvalue weighted by atomic mass is 19.1. The van der Waals surface area contributed by atoms with Crippen LogP contribution in [0.3, 0.4) is 0 Å². The quantitative estimate of drug-likeness (QED) is 0.266. The first-order chi connectivity index (χ1) is 18.9. The fourth-order valence-corrected chi connectivity index (χ4v) is 4.64. The van der Waals surface area contributed by atoms with E-state index in [0.717, 1.165) is 18.7 Å². The molecule has 1 aliphatic rings. The number of likely N-dealkylation sites (N-methyl/N-ethyl adjacent to an activating group) is 1. The number of nitrogens with zero attached hydrogens (tertiary/aromatic N) is 2. The predicted molar refractivity (Wildman–Crippen MR) is 148 cm³/mol. The second kappa shape index (κ2) is 11.7. The molecule has 0 bridgehead atoms. The fourth-order valence-electron chi connectivity index (χ4n) is 4.64. The van der Waals surface area contributed by atoms with Gasteiger partial charge in [0, 0.05) is 38.7 Å². The molecule has 0 aliphatic carbocycles. The largest absolute Gasteiger partial charge is 0.468 e. The summed E-state index contributed by atoms with van der Waals surface area (Å²) in [7, 11) is 3.56. The number of H-pyrrole nitrogens is 1. The normalized spacial score (nSPS) is 14.0. The summed E-state index contributed by atoms with van der Waals surface area (Å²) in [6.45, 7) is 3.04. The number of methoxy groups -OCH3 is 1. The number of pyridine rings is 1. The highest BCUT2D eigenvalue weighted by molar-refractivity contribution is 6.00. The summed E-state index contributed by atoms with van der Waals surface area (Å²) in [5.74, 6) is -0.731. The fraction of sp³-hybridized carbons (Fsp3) is 0.267. The number of ether oxygens (including phenoxy) is 3. The molecule has 0 atom stereocenters. The van der Waals surface area contributed by atoms with Crippen molar-refractivity contribution in [3.05, 3.63) is 93.9 Å². The van der Waals surface area contributed by atoms with Gasteiger partial charge in [0.2, 0.25) is 5.43 Å². The molecule has 0 spiro atoms. The van der Waals surface area contributed by atoms with Crippen LogP contribution in [0, 0.1) is 5.82 Å². The number of hydrogen-bond acceptors (Lipinski definition) is 7. The van der Waals surface area contributed by atoms with E-state index in [0.29, 0.717) is 41.3 Å². The van der Waals surface area contributed by atoms with Gasteiger partial charge in [0.15, 0.2) is 6.79 Å². The molecule has 1 saturated heterocycles. The number of esters is 1. The second-order valence-electron chi connectivity index (χ2n) is 9.48. The Morgan fingerprint density at radius 2 is 1.72 bits per heavy atom. The smallest absolute Gasteiger partial charge is 0.344 e. The number of rotatable bonds is 8. The standard InChI is InChI=1S/C30H30FN3O5/c1-33-12-14-34(15-13-33)26-17-25-23(16-24(26)31)29(35)27(30(36)38-18-20-6-4-3-5-7-20)28(32-25)21-8-10-22(11-9-21)39-19-37-2/h3-11,16-17H,12-15,18-19H2,1-2H3,(H,32,35). The molecule has 1 aliphatic heterocycles. The third-order valence-electron chi connectivity index (χ3n) is 6.82. The first kappa shape index (κ1) is 26.4. The van der Waals surface area contributed by atoms with Crippen molar-refractivity contribution in [2.24, 2.45) is 0 Å². The molecule has 0 saturated carbocycles. The number of halogens is 1. The zero-order valence-electron chi connectivity index (χ0n) is 21.9. The Morgan fingerprint density at radius 1 is 1.00 bits per heavy atom. The van der Waals surface area contributed by atoms with E-state index in [1.807, 2.05) is 42.3 Å². The number of anilines is 1. The van der Waals surface area contributed by atoms with E-state index < -0.39 is 17.2 Å². The summed E-state index contributed by atoms with van der Waals surface area (Å²) in [6.07, 6.45) is 0. The topological polar surface area (TPSA) is 84.1 Å². The van der Waals surface area contributed by atoms with Crippen LogP contribution >= 0.6 is 0 Å². The molecule has 4 aromatic rings. The van der Waals surface area contributed by atoms with Crippen LogP contribution in [-0.2, 0) is 16.1 Å². The molecule has 0 amide bonds. The molecule has 39 heavy (non-hydrogen) atoms. The van der Waals surface area contributed by atoms with Crippen molar-refractivity contribution in [2.45, 2.75) is 6.61 Å². The predicted octanol–water partition coefficient (Wildman–Crippen LogP) is 4.43. The maximum atomic E-state index is 15.3. The zero-order chi connectivity index (χ0) is 27.4. The van der Waals surface area contributed by atoms with Crippen molar-refractivity contribution >= 4 is 22.6 Å². The van der Waals surface area contributed by atoms with E-state index in [9.17, 15) is 9.59 Å². The molecule has 0 unspecified atom stereocenters. The molecule has 0 radical (unpaired) electrons. The van der Waals surface area contributed by atoms with Gasteiger partial charge in [0.05, 0.1) is 16.9 Å². The third-order valence-corrected chi connectivity index (χ3v) is 6.82. The van der Waals surface area contributed by atoms with E-state index in [1.54, 1.807) is 30.3 Å².